The zero-order valence-electron chi connectivity index (χ0n) is 18.6. The van der Waals surface area contributed by atoms with Crippen LogP contribution in [0.2, 0.25) is 0 Å². The van der Waals surface area contributed by atoms with Crippen LogP contribution in [0.1, 0.15) is 0 Å². The summed E-state index contributed by atoms with van der Waals surface area (Å²) >= 11 is 3.65. The normalized spacial score (nSPS) is 9.62. The Labute approximate surface area is 285 Å². The van der Waals surface area contributed by atoms with E-state index < -0.39 is 62.1 Å². The Hall–Kier alpha value is 1.87. The number of aliphatic carboxylic acids is 5. The number of hydrogen-bond donors (Lipinski definition) is 7. The maximum absolute atomic E-state index is 10.6. The van der Waals surface area contributed by atoms with Crippen molar-refractivity contribution in [2.45, 2.75) is 6.04 Å². The SMILES string of the molecule is Cl.N[C@@H](CS)C(=O)O.O=C(O)CN(CCN(CC(=O)O)CC(=O)O)CC(=O)O.[Na].[Na].[Na].[Na]. The smallest absolute Gasteiger partial charge is 0.321 e. The Morgan fingerprint density at radius 1 is 0.656 bits per heavy atom. The van der Waals surface area contributed by atoms with E-state index in [1.807, 2.05) is 0 Å². The molecule has 0 aliphatic heterocycles. The molecule has 0 rings (SSSR count). The molecule has 19 heteroatoms. The summed E-state index contributed by atoms with van der Waals surface area (Å²) < 4.78 is 0. The van der Waals surface area contributed by atoms with E-state index in [4.69, 9.17) is 31.3 Å². The van der Waals surface area contributed by atoms with E-state index in [0.717, 1.165) is 9.80 Å². The third-order valence-corrected chi connectivity index (χ3v) is 3.08. The van der Waals surface area contributed by atoms with Crippen LogP contribution in [-0.2, 0) is 24.0 Å². The number of nitrogens with two attached hydrogens (primary N) is 1. The molecule has 168 valence electrons. The van der Waals surface area contributed by atoms with Gasteiger partial charge in [0.1, 0.15) is 6.04 Å². The van der Waals surface area contributed by atoms with Crippen LogP contribution in [0.5, 0.6) is 0 Å². The first kappa shape index (κ1) is 50.7. The van der Waals surface area contributed by atoms with Gasteiger partial charge in [0.15, 0.2) is 0 Å². The Balaban J connectivity index is -0.0000000912. The molecule has 0 aliphatic carbocycles. The summed E-state index contributed by atoms with van der Waals surface area (Å²) in [6.07, 6.45) is 0. The van der Waals surface area contributed by atoms with Crippen LogP contribution in [0.25, 0.3) is 0 Å². The molecule has 0 aromatic rings. The van der Waals surface area contributed by atoms with Crippen molar-refractivity contribution in [3.05, 3.63) is 0 Å². The standard InChI is InChI=1S/C10H16N2O8.C3H7NO2S.ClH.4Na/c13-7(14)3-11(4-8(15)16)1-2-12(5-9(17)18)6-10(19)20;4-2(1-7)3(5)6;;;;;/h1-6H2,(H,13,14)(H,15,16)(H,17,18)(H,19,20);2,7H,1,4H2,(H,5,6);1H;;;;/t;2-;;;;;/m.0...../s1. The van der Waals surface area contributed by atoms with Crippen molar-refractivity contribution >= 4 is 173 Å². The maximum atomic E-state index is 10.6. The molecular weight excluding hydrogens is 518 g/mol. The van der Waals surface area contributed by atoms with Gasteiger partial charge in [0.2, 0.25) is 0 Å². The number of thiol groups is 1. The van der Waals surface area contributed by atoms with Crippen LogP contribution in [0, 0.1) is 0 Å². The summed E-state index contributed by atoms with van der Waals surface area (Å²) in [5.74, 6) is -5.72. The van der Waals surface area contributed by atoms with Crippen LogP contribution in [0.15, 0.2) is 0 Å². The predicted molar refractivity (Wildman–Crippen MR) is 123 cm³/mol. The second-order valence-electron chi connectivity index (χ2n) is 5.12. The molecule has 1 atom stereocenters. The van der Waals surface area contributed by atoms with Crippen molar-refractivity contribution in [1.29, 1.82) is 0 Å². The quantitative estimate of drug-likeness (QED) is 0.0878. The first-order chi connectivity index (χ1) is 12.4. The van der Waals surface area contributed by atoms with Gasteiger partial charge in [-0.25, -0.2) is 0 Å². The van der Waals surface area contributed by atoms with Gasteiger partial charge in [0, 0.05) is 137 Å². The molecule has 7 N–H and O–H groups in total. The third kappa shape index (κ3) is 36.4. The first-order valence-corrected chi connectivity index (χ1v) is 7.93. The number of nitrogens with zero attached hydrogens (tertiary/aromatic N) is 2. The number of halogens is 1. The number of hydrogen-bond acceptors (Lipinski definition) is 9. The molecule has 0 bridgehead atoms. The van der Waals surface area contributed by atoms with Crippen molar-refractivity contribution in [3.8, 4) is 0 Å². The van der Waals surface area contributed by atoms with Gasteiger partial charge in [0.05, 0.1) is 26.2 Å². The maximum Gasteiger partial charge on any atom is 0.321 e. The minimum atomic E-state index is -1.23. The summed E-state index contributed by atoms with van der Waals surface area (Å²) in [7, 11) is 0. The van der Waals surface area contributed by atoms with Gasteiger partial charge < -0.3 is 31.3 Å². The number of rotatable bonds is 13. The van der Waals surface area contributed by atoms with Crippen molar-refractivity contribution < 1.29 is 49.5 Å². The largest absolute Gasteiger partial charge is 0.480 e. The van der Waals surface area contributed by atoms with Gasteiger partial charge in [-0.1, -0.05) is 0 Å². The summed E-state index contributed by atoms with van der Waals surface area (Å²) in [4.78, 5) is 54.1. The molecule has 0 aromatic heterocycles. The predicted octanol–water partition coefficient (Wildman–Crippen LogP) is -3.84. The molecule has 0 unspecified atom stereocenters. The van der Waals surface area contributed by atoms with Crippen molar-refractivity contribution in [2.75, 3.05) is 45.0 Å². The van der Waals surface area contributed by atoms with Gasteiger partial charge in [0.25, 0.3) is 0 Å². The topological polar surface area (TPSA) is 219 Å². The fraction of sp³-hybridized carbons (Fsp3) is 0.615. The monoisotopic (exact) mass is 541 g/mol. The zero-order chi connectivity index (χ0) is 21.6. The molecule has 0 heterocycles. The van der Waals surface area contributed by atoms with Gasteiger partial charge >= 0.3 is 29.8 Å². The summed E-state index contributed by atoms with van der Waals surface area (Å²) in [6.45, 7) is -2.25. The molecule has 0 saturated carbocycles. The Bertz CT molecular complexity index is 486. The van der Waals surface area contributed by atoms with Crippen LogP contribution < -0.4 is 5.73 Å². The fourth-order valence-corrected chi connectivity index (χ4v) is 1.71. The van der Waals surface area contributed by atoms with Crippen molar-refractivity contribution in [2.24, 2.45) is 5.73 Å². The Morgan fingerprint density at radius 3 is 0.969 bits per heavy atom. The minimum absolute atomic E-state index is 0. The number of carboxylic acid groups (broad SMARTS) is 5. The minimum Gasteiger partial charge on any atom is -0.480 e. The number of carboxylic acids is 5. The molecule has 0 aromatic carbocycles. The molecule has 0 fully saturated rings. The Morgan fingerprint density at radius 2 is 0.875 bits per heavy atom. The average molecular weight is 542 g/mol. The zero-order valence-corrected chi connectivity index (χ0v) is 28.3. The van der Waals surface area contributed by atoms with Crippen LogP contribution in [-0.4, -0.2) is 234 Å². The molecule has 0 spiro atoms. The second kappa shape index (κ2) is 30.9. The van der Waals surface area contributed by atoms with Crippen LogP contribution in [0.3, 0.4) is 0 Å². The van der Waals surface area contributed by atoms with E-state index >= 15 is 0 Å². The van der Waals surface area contributed by atoms with Crippen LogP contribution >= 0.6 is 25.0 Å². The van der Waals surface area contributed by atoms with E-state index in [0.29, 0.717) is 0 Å². The number of carbonyl (C=O) groups is 5. The molecule has 0 saturated heterocycles. The van der Waals surface area contributed by atoms with E-state index in [2.05, 4.69) is 12.6 Å². The van der Waals surface area contributed by atoms with Gasteiger partial charge in [-0.2, -0.15) is 12.6 Å². The van der Waals surface area contributed by atoms with Gasteiger partial charge in [-0.05, 0) is 0 Å². The van der Waals surface area contributed by atoms with Crippen LogP contribution in [0.4, 0.5) is 0 Å². The second-order valence-corrected chi connectivity index (χ2v) is 5.49. The van der Waals surface area contributed by atoms with E-state index in [1.165, 1.54) is 0 Å². The van der Waals surface area contributed by atoms with E-state index in [-0.39, 0.29) is 149 Å². The molecule has 13 nitrogen and oxygen atoms in total. The molecule has 4 radical (unpaired) electrons. The molecular formula is C13H24ClN3Na4O10S. The van der Waals surface area contributed by atoms with Gasteiger partial charge in [-0.3, -0.25) is 33.8 Å². The first-order valence-electron chi connectivity index (χ1n) is 7.30. The summed E-state index contributed by atoms with van der Waals surface area (Å²) in [6, 6.07) is -0.816. The average Bonchev–Trinajstić information content (AvgIpc) is 2.49. The molecule has 0 amide bonds. The van der Waals surface area contributed by atoms with E-state index in [9.17, 15) is 24.0 Å². The van der Waals surface area contributed by atoms with Crippen molar-refractivity contribution in [1.82, 2.24) is 9.80 Å². The van der Waals surface area contributed by atoms with E-state index in [1.54, 1.807) is 0 Å². The molecule has 0 aliphatic rings. The fourth-order valence-electron chi connectivity index (χ4n) is 1.55. The molecule has 32 heavy (non-hydrogen) atoms. The van der Waals surface area contributed by atoms with Crippen molar-refractivity contribution in [3.63, 3.8) is 0 Å². The van der Waals surface area contributed by atoms with Gasteiger partial charge in [-0.15, -0.1) is 12.4 Å². The third-order valence-electron chi connectivity index (χ3n) is 2.68. The summed E-state index contributed by atoms with van der Waals surface area (Å²) in [5, 5.41) is 42.5. The summed E-state index contributed by atoms with van der Waals surface area (Å²) in [5.41, 5.74) is 4.94. The Kier molecular flexibility index (Phi) is 48.9.